The van der Waals surface area contributed by atoms with E-state index in [1.807, 2.05) is 6.20 Å². The summed E-state index contributed by atoms with van der Waals surface area (Å²) in [4.78, 5) is 4.58. The molecule has 1 aliphatic carbocycles. The number of nitrogens with one attached hydrogen (secondary N) is 1. The molecule has 0 amide bonds. The normalized spacial score (nSPS) is 32.6. The first-order valence-electron chi connectivity index (χ1n) is 6.83. The number of aromatic nitrogens is 1. The van der Waals surface area contributed by atoms with Crippen LogP contribution in [-0.2, 0) is 10.3 Å². The Morgan fingerprint density at radius 2 is 2.39 bits per heavy atom. The molecular weight excluding hydrogens is 244 g/mol. The third kappa shape index (κ3) is 2.76. The molecule has 4 heteroatoms. The zero-order chi connectivity index (χ0) is 13.0. The minimum atomic E-state index is 0.0687. The van der Waals surface area contributed by atoms with E-state index in [1.54, 1.807) is 18.4 Å². The van der Waals surface area contributed by atoms with Gasteiger partial charge in [-0.3, -0.25) is 0 Å². The number of methoxy groups -OCH3 is 1. The summed E-state index contributed by atoms with van der Waals surface area (Å²) < 4.78 is 5.17. The molecule has 0 spiro atoms. The van der Waals surface area contributed by atoms with Gasteiger partial charge in [0.25, 0.3) is 0 Å². The largest absolute Gasteiger partial charge is 0.383 e. The molecular formula is C14H24N2OS. The predicted octanol–water partition coefficient (Wildman–Crippen LogP) is 3.03. The quantitative estimate of drug-likeness (QED) is 0.834. The molecule has 102 valence electrons. The number of hydrogen-bond acceptors (Lipinski definition) is 4. The second-order valence-corrected chi connectivity index (χ2v) is 6.40. The molecule has 0 saturated heterocycles. The van der Waals surface area contributed by atoms with Crippen LogP contribution in [0.3, 0.4) is 0 Å². The summed E-state index contributed by atoms with van der Waals surface area (Å²) in [6.07, 6.45) is 5.67. The van der Waals surface area contributed by atoms with E-state index in [2.05, 4.69) is 29.5 Å². The topological polar surface area (TPSA) is 34.1 Å². The molecule has 0 radical (unpaired) electrons. The molecule has 1 aromatic rings. The molecule has 1 aliphatic rings. The second-order valence-electron chi connectivity index (χ2n) is 5.51. The van der Waals surface area contributed by atoms with E-state index in [0.717, 1.165) is 19.1 Å². The Morgan fingerprint density at radius 1 is 1.56 bits per heavy atom. The van der Waals surface area contributed by atoms with Crippen LogP contribution in [-0.4, -0.2) is 25.2 Å². The van der Waals surface area contributed by atoms with E-state index in [0.29, 0.717) is 5.92 Å². The molecule has 3 unspecified atom stereocenters. The van der Waals surface area contributed by atoms with Crippen LogP contribution in [0.15, 0.2) is 11.6 Å². The van der Waals surface area contributed by atoms with E-state index in [9.17, 15) is 0 Å². The maximum absolute atomic E-state index is 5.17. The van der Waals surface area contributed by atoms with Crippen molar-refractivity contribution >= 4 is 11.3 Å². The van der Waals surface area contributed by atoms with E-state index in [1.165, 1.54) is 24.3 Å². The smallest absolute Gasteiger partial charge is 0.113 e. The lowest BCUT2D eigenvalue weighted by molar-refractivity contribution is 0.106. The fourth-order valence-electron chi connectivity index (χ4n) is 3.12. The van der Waals surface area contributed by atoms with Crippen molar-refractivity contribution in [2.24, 2.45) is 11.8 Å². The molecule has 1 saturated carbocycles. The second kappa shape index (κ2) is 6.13. The van der Waals surface area contributed by atoms with Crippen LogP contribution < -0.4 is 5.32 Å². The Kier molecular flexibility index (Phi) is 4.76. The van der Waals surface area contributed by atoms with Crippen LogP contribution in [0, 0.1) is 11.8 Å². The Balaban J connectivity index is 2.17. The molecule has 0 aliphatic heterocycles. The third-order valence-corrected chi connectivity index (χ3v) is 5.14. The van der Waals surface area contributed by atoms with Crippen molar-refractivity contribution in [3.8, 4) is 0 Å². The lowest BCUT2D eigenvalue weighted by Crippen LogP contribution is -2.51. The van der Waals surface area contributed by atoms with Crippen LogP contribution in [0.2, 0.25) is 0 Å². The summed E-state index contributed by atoms with van der Waals surface area (Å²) >= 11 is 1.78. The minimum Gasteiger partial charge on any atom is -0.383 e. The molecule has 1 N–H and O–H groups in total. The number of ether oxygens (including phenoxy) is 1. The van der Waals surface area contributed by atoms with Gasteiger partial charge in [-0.25, -0.2) is 4.98 Å². The van der Waals surface area contributed by atoms with E-state index >= 15 is 0 Å². The van der Waals surface area contributed by atoms with Crippen LogP contribution in [0.25, 0.3) is 0 Å². The van der Waals surface area contributed by atoms with Crippen LogP contribution in [0.4, 0.5) is 0 Å². The van der Waals surface area contributed by atoms with E-state index in [-0.39, 0.29) is 5.54 Å². The van der Waals surface area contributed by atoms with Crippen molar-refractivity contribution in [2.45, 2.75) is 38.6 Å². The van der Waals surface area contributed by atoms with Gasteiger partial charge in [-0.1, -0.05) is 13.8 Å². The Morgan fingerprint density at radius 3 is 3.00 bits per heavy atom. The summed E-state index contributed by atoms with van der Waals surface area (Å²) in [7, 11) is 1.75. The van der Waals surface area contributed by atoms with Crippen molar-refractivity contribution in [2.75, 3.05) is 20.3 Å². The van der Waals surface area contributed by atoms with Gasteiger partial charge in [-0.2, -0.15) is 0 Å². The SMILES string of the molecule is COCCNC1(c2nccs2)CCC(C)CC1C. The Labute approximate surface area is 114 Å². The molecule has 1 heterocycles. The maximum atomic E-state index is 5.17. The fourth-order valence-corrected chi connectivity index (χ4v) is 4.08. The van der Waals surface area contributed by atoms with Gasteiger partial charge in [0, 0.05) is 25.2 Å². The summed E-state index contributed by atoms with van der Waals surface area (Å²) in [5.74, 6) is 1.46. The Bertz CT molecular complexity index is 355. The standard InChI is InChI=1S/C14H24N2OS/c1-11-4-5-14(12(2)10-11,16-6-8-17-3)13-15-7-9-18-13/h7,9,11-12,16H,4-6,8,10H2,1-3H3. The molecule has 18 heavy (non-hydrogen) atoms. The van der Waals surface area contributed by atoms with Gasteiger partial charge in [0.1, 0.15) is 5.01 Å². The number of hydrogen-bond donors (Lipinski definition) is 1. The van der Waals surface area contributed by atoms with Crippen LogP contribution >= 0.6 is 11.3 Å². The van der Waals surface area contributed by atoms with Gasteiger partial charge >= 0.3 is 0 Å². The van der Waals surface area contributed by atoms with Gasteiger partial charge in [0.2, 0.25) is 0 Å². The summed E-state index contributed by atoms with van der Waals surface area (Å²) in [5, 5.41) is 7.06. The van der Waals surface area contributed by atoms with Gasteiger partial charge in [-0.05, 0) is 31.1 Å². The maximum Gasteiger partial charge on any atom is 0.113 e. The first kappa shape index (κ1) is 14.0. The van der Waals surface area contributed by atoms with Gasteiger partial charge in [0.05, 0.1) is 12.1 Å². The zero-order valence-corrected chi connectivity index (χ0v) is 12.4. The highest BCUT2D eigenvalue weighted by Crippen LogP contribution is 2.44. The van der Waals surface area contributed by atoms with Crippen LogP contribution in [0.1, 0.15) is 38.1 Å². The monoisotopic (exact) mass is 268 g/mol. The average molecular weight is 268 g/mol. The van der Waals surface area contributed by atoms with Gasteiger partial charge in [-0.15, -0.1) is 11.3 Å². The fraction of sp³-hybridized carbons (Fsp3) is 0.786. The first-order valence-corrected chi connectivity index (χ1v) is 7.71. The lowest BCUT2D eigenvalue weighted by atomic mass is 9.70. The predicted molar refractivity (Wildman–Crippen MR) is 75.8 cm³/mol. The highest BCUT2D eigenvalue weighted by Gasteiger charge is 2.42. The minimum absolute atomic E-state index is 0.0687. The van der Waals surface area contributed by atoms with Gasteiger partial charge in [0.15, 0.2) is 0 Å². The molecule has 2 rings (SSSR count). The van der Waals surface area contributed by atoms with Crippen molar-refractivity contribution in [1.82, 2.24) is 10.3 Å². The average Bonchev–Trinajstić information content (AvgIpc) is 2.87. The molecule has 3 nitrogen and oxygen atoms in total. The first-order chi connectivity index (χ1) is 8.69. The van der Waals surface area contributed by atoms with Crippen molar-refractivity contribution in [1.29, 1.82) is 0 Å². The summed E-state index contributed by atoms with van der Waals surface area (Å²) in [5.41, 5.74) is 0.0687. The lowest BCUT2D eigenvalue weighted by Gasteiger charge is -2.44. The summed E-state index contributed by atoms with van der Waals surface area (Å²) in [6, 6.07) is 0. The zero-order valence-electron chi connectivity index (χ0n) is 11.6. The number of thiazole rings is 1. The molecule has 0 bridgehead atoms. The van der Waals surface area contributed by atoms with Crippen molar-refractivity contribution in [3.63, 3.8) is 0 Å². The molecule has 0 aromatic carbocycles. The van der Waals surface area contributed by atoms with Gasteiger partial charge < -0.3 is 10.1 Å². The van der Waals surface area contributed by atoms with Crippen molar-refractivity contribution in [3.05, 3.63) is 16.6 Å². The molecule has 1 aromatic heterocycles. The van der Waals surface area contributed by atoms with Crippen molar-refractivity contribution < 1.29 is 4.74 Å². The summed E-state index contributed by atoms with van der Waals surface area (Å²) in [6.45, 7) is 6.37. The third-order valence-electron chi connectivity index (χ3n) is 4.19. The Hall–Kier alpha value is -0.450. The molecule has 1 fully saturated rings. The number of nitrogens with zero attached hydrogens (tertiary/aromatic N) is 1. The highest BCUT2D eigenvalue weighted by atomic mass is 32.1. The van der Waals surface area contributed by atoms with E-state index in [4.69, 9.17) is 4.74 Å². The van der Waals surface area contributed by atoms with E-state index < -0.39 is 0 Å². The molecule has 3 atom stereocenters. The highest BCUT2D eigenvalue weighted by molar-refractivity contribution is 7.09. The number of rotatable bonds is 5. The van der Waals surface area contributed by atoms with Crippen LogP contribution in [0.5, 0.6) is 0 Å².